The van der Waals surface area contributed by atoms with Crippen LogP contribution in [0.3, 0.4) is 0 Å². The van der Waals surface area contributed by atoms with Gasteiger partial charge in [-0.1, -0.05) is 6.42 Å². The molecule has 1 saturated heterocycles. The van der Waals surface area contributed by atoms with Gasteiger partial charge in [-0.2, -0.15) is 9.64 Å². The molecule has 1 aliphatic carbocycles. The van der Waals surface area contributed by atoms with E-state index < -0.39 is 0 Å². The van der Waals surface area contributed by atoms with Gasteiger partial charge in [0.25, 0.3) is 0 Å². The maximum Gasteiger partial charge on any atom is 0.157 e. The average Bonchev–Trinajstić information content (AvgIpc) is 2.94. The Morgan fingerprint density at radius 1 is 1.35 bits per heavy atom. The van der Waals surface area contributed by atoms with Crippen molar-refractivity contribution in [3.63, 3.8) is 0 Å². The summed E-state index contributed by atoms with van der Waals surface area (Å²) in [4.78, 5) is 2.40. The van der Waals surface area contributed by atoms with Gasteiger partial charge < -0.3 is 10.6 Å². The number of nitrogens with two attached hydrogens (primary N) is 1. The number of fused-ring (bicyclic) bond motifs is 1. The van der Waals surface area contributed by atoms with Crippen molar-refractivity contribution in [2.75, 3.05) is 17.2 Å². The van der Waals surface area contributed by atoms with Gasteiger partial charge in [0.1, 0.15) is 16.6 Å². The molecule has 0 aromatic carbocycles. The molecule has 2 atom stereocenters. The van der Waals surface area contributed by atoms with Crippen molar-refractivity contribution in [1.82, 2.24) is 4.37 Å². The molecule has 2 heterocycles. The molecule has 3 rings (SSSR count). The molecule has 2 N–H and O–H groups in total. The van der Waals surface area contributed by atoms with E-state index in [-0.39, 0.29) is 0 Å². The second-order valence-corrected chi connectivity index (χ2v) is 5.71. The van der Waals surface area contributed by atoms with E-state index in [2.05, 4.69) is 15.3 Å². The molecule has 17 heavy (non-hydrogen) atoms. The minimum atomic E-state index is 0.396. The monoisotopic (exact) mass is 248 g/mol. The normalized spacial score (nSPS) is 27.8. The van der Waals surface area contributed by atoms with Gasteiger partial charge in [0, 0.05) is 12.6 Å². The van der Waals surface area contributed by atoms with Gasteiger partial charge in [0.05, 0.1) is 0 Å². The summed E-state index contributed by atoms with van der Waals surface area (Å²) in [5.74, 6) is 1.21. The summed E-state index contributed by atoms with van der Waals surface area (Å²) in [6.07, 6.45) is 6.49. The summed E-state index contributed by atoms with van der Waals surface area (Å²) in [6.45, 7) is 1.05. The van der Waals surface area contributed by atoms with Crippen LogP contribution in [0.25, 0.3) is 0 Å². The molecule has 2 aliphatic rings. The SMILES string of the molecule is N#Cc1c(N)nsc1N1CCCC2CCCC21. The van der Waals surface area contributed by atoms with Gasteiger partial charge in [-0.3, -0.25) is 0 Å². The largest absolute Gasteiger partial charge is 0.382 e. The molecule has 0 amide bonds. The standard InChI is InChI=1S/C12H16N4S/c13-7-9-11(14)15-17-12(9)16-6-2-4-8-3-1-5-10(8)16/h8,10H,1-6H2,(H2,14,15). The third-order valence-corrected chi connectivity index (χ3v) is 4.97. The predicted octanol–water partition coefficient (Wildman–Crippen LogP) is 2.37. The third kappa shape index (κ3) is 1.67. The molecule has 0 bridgehead atoms. The molecule has 90 valence electrons. The molecular formula is C12H16N4S. The fourth-order valence-electron chi connectivity index (χ4n) is 3.30. The minimum Gasteiger partial charge on any atom is -0.382 e. The quantitative estimate of drug-likeness (QED) is 0.828. The molecular weight excluding hydrogens is 232 g/mol. The van der Waals surface area contributed by atoms with Crippen LogP contribution in [0.4, 0.5) is 10.8 Å². The highest BCUT2D eigenvalue weighted by Gasteiger charge is 2.36. The van der Waals surface area contributed by atoms with Gasteiger partial charge in [-0.25, -0.2) is 0 Å². The summed E-state index contributed by atoms with van der Waals surface area (Å²) in [7, 11) is 0. The van der Waals surface area contributed by atoms with Crippen LogP contribution < -0.4 is 10.6 Å². The van der Waals surface area contributed by atoms with E-state index in [4.69, 9.17) is 11.0 Å². The number of hydrogen-bond acceptors (Lipinski definition) is 5. The number of piperidine rings is 1. The number of nitrogens with zero attached hydrogens (tertiary/aromatic N) is 3. The zero-order valence-electron chi connectivity index (χ0n) is 9.72. The van der Waals surface area contributed by atoms with Crippen molar-refractivity contribution in [2.45, 2.75) is 38.1 Å². The fourth-order valence-corrected chi connectivity index (χ4v) is 4.15. The van der Waals surface area contributed by atoms with Crippen LogP contribution in [0.5, 0.6) is 0 Å². The first-order chi connectivity index (χ1) is 8.31. The summed E-state index contributed by atoms with van der Waals surface area (Å²) < 4.78 is 4.13. The molecule has 1 aliphatic heterocycles. The van der Waals surface area contributed by atoms with Crippen molar-refractivity contribution in [3.8, 4) is 6.07 Å². The predicted molar refractivity (Wildman–Crippen MR) is 69.0 cm³/mol. The first-order valence-corrected chi connectivity index (χ1v) is 7.00. The van der Waals surface area contributed by atoms with Crippen LogP contribution in [0.15, 0.2) is 0 Å². The van der Waals surface area contributed by atoms with Crippen LogP contribution >= 0.6 is 11.5 Å². The van der Waals surface area contributed by atoms with Gasteiger partial charge in [0.2, 0.25) is 0 Å². The number of hydrogen-bond donors (Lipinski definition) is 1. The Bertz CT molecular complexity index is 462. The number of aromatic nitrogens is 1. The summed E-state index contributed by atoms with van der Waals surface area (Å²) in [5, 5.41) is 10.2. The highest BCUT2D eigenvalue weighted by molar-refractivity contribution is 7.10. The summed E-state index contributed by atoms with van der Waals surface area (Å²) in [5.41, 5.74) is 6.33. The van der Waals surface area contributed by atoms with Gasteiger partial charge in [-0.15, -0.1) is 0 Å². The van der Waals surface area contributed by atoms with E-state index in [1.54, 1.807) is 0 Å². The van der Waals surface area contributed by atoms with Gasteiger partial charge in [0.15, 0.2) is 5.82 Å². The molecule has 4 nitrogen and oxygen atoms in total. The maximum absolute atomic E-state index is 9.17. The molecule has 5 heteroatoms. The van der Waals surface area contributed by atoms with E-state index >= 15 is 0 Å². The summed E-state index contributed by atoms with van der Waals surface area (Å²) >= 11 is 1.38. The van der Waals surface area contributed by atoms with Crippen molar-refractivity contribution >= 4 is 22.4 Å². The number of anilines is 2. The Balaban J connectivity index is 1.95. The first kappa shape index (κ1) is 10.8. The Morgan fingerprint density at radius 2 is 2.18 bits per heavy atom. The second-order valence-electron chi connectivity index (χ2n) is 4.95. The van der Waals surface area contributed by atoms with E-state index in [0.29, 0.717) is 17.4 Å². The first-order valence-electron chi connectivity index (χ1n) is 6.23. The highest BCUT2D eigenvalue weighted by atomic mass is 32.1. The lowest BCUT2D eigenvalue weighted by Gasteiger charge is -2.38. The van der Waals surface area contributed by atoms with E-state index in [1.807, 2.05) is 0 Å². The molecule has 1 saturated carbocycles. The van der Waals surface area contributed by atoms with Gasteiger partial charge in [-0.05, 0) is 43.1 Å². The van der Waals surface area contributed by atoms with Crippen molar-refractivity contribution in [1.29, 1.82) is 5.26 Å². The molecule has 1 aromatic rings. The van der Waals surface area contributed by atoms with Crippen molar-refractivity contribution < 1.29 is 0 Å². The lowest BCUT2D eigenvalue weighted by atomic mass is 9.92. The van der Waals surface area contributed by atoms with E-state index in [9.17, 15) is 0 Å². The van der Waals surface area contributed by atoms with E-state index in [1.165, 1.54) is 43.6 Å². The van der Waals surface area contributed by atoms with Crippen LogP contribution in [-0.2, 0) is 0 Å². The Kier molecular flexibility index (Phi) is 2.67. The second kappa shape index (κ2) is 4.19. The third-order valence-electron chi connectivity index (χ3n) is 4.07. The highest BCUT2D eigenvalue weighted by Crippen LogP contribution is 2.42. The lowest BCUT2D eigenvalue weighted by molar-refractivity contribution is 0.364. The minimum absolute atomic E-state index is 0.396. The average molecular weight is 248 g/mol. The smallest absolute Gasteiger partial charge is 0.157 e. The Labute approximate surface area is 105 Å². The van der Waals surface area contributed by atoms with Crippen molar-refractivity contribution in [2.24, 2.45) is 5.92 Å². The Morgan fingerprint density at radius 3 is 3.00 bits per heavy atom. The molecule has 2 fully saturated rings. The van der Waals surface area contributed by atoms with Crippen LogP contribution in [0.1, 0.15) is 37.7 Å². The summed E-state index contributed by atoms with van der Waals surface area (Å²) in [6, 6.07) is 2.82. The molecule has 1 aromatic heterocycles. The van der Waals surface area contributed by atoms with Crippen LogP contribution in [-0.4, -0.2) is 17.0 Å². The van der Waals surface area contributed by atoms with Crippen molar-refractivity contribution in [3.05, 3.63) is 5.56 Å². The molecule has 0 spiro atoms. The maximum atomic E-state index is 9.17. The zero-order chi connectivity index (χ0) is 11.8. The number of nitriles is 1. The molecule has 2 unspecified atom stereocenters. The van der Waals surface area contributed by atoms with Crippen LogP contribution in [0, 0.1) is 17.2 Å². The van der Waals surface area contributed by atoms with Gasteiger partial charge >= 0.3 is 0 Å². The van der Waals surface area contributed by atoms with Crippen LogP contribution in [0.2, 0.25) is 0 Å². The number of nitrogen functional groups attached to an aromatic ring is 1. The Hall–Kier alpha value is -1.28. The number of rotatable bonds is 1. The van der Waals surface area contributed by atoms with E-state index in [0.717, 1.165) is 17.5 Å². The zero-order valence-corrected chi connectivity index (χ0v) is 10.5. The lowest BCUT2D eigenvalue weighted by Crippen LogP contribution is -2.42. The topological polar surface area (TPSA) is 65.9 Å². The fraction of sp³-hybridized carbons (Fsp3) is 0.667. The molecule has 0 radical (unpaired) electrons.